The number of nitrogens with one attached hydrogen (secondary N) is 1. The summed E-state index contributed by atoms with van der Waals surface area (Å²) in [6.45, 7) is 5.39. The van der Waals surface area contributed by atoms with E-state index in [1.54, 1.807) is 0 Å². The highest BCUT2D eigenvalue weighted by atomic mass is 15.0. The molecule has 0 aromatic heterocycles. The molecule has 0 saturated carbocycles. The van der Waals surface area contributed by atoms with Crippen LogP contribution in [-0.2, 0) is 0 Å². The van der Waals surface area contributed by atoms with E-state index in [0.29, 0.717) is 0 Å². The van der Waals surface area contributed by atoms with E-state index < -0.39 is 0 Å². The van der Waals surface area contributed by atoms with E-state index in [1.165, 1.54) is 128 Å². The van der Waals surface area contributed by atoms with Crippen molar-refractivity contribution in [3.63, 3.8) is 0 Å². The predicted molar refractivity (Wildman–Crippen MR) is 120 cm³/mol. The van der Waals surface area contributed by atoms with Crippen molar-refractivity contribution in [1.29, 1.82) is 0 Å². The van der Waals surface area contributed by atoms with Crippen LogP contribution in [0.4, 0.5) is 0 Å². The molecule has 0 rings (SSSR count). The fraction of sp³-hybridized carbons (Fsp3) is 1.00. The summed E-state index contributed by atoms with van der Waals surface area (Å²) in [6.07, 6.45) is 29.0. The Morgan fingerprint density at radius 3 is 1.04 bits per heavy atom. The second-order valence-corrected chi connectivity index (χ2v) is 8.46. The molecule has 3 N–H and O–H groups in total. The van der Waals surface area contributed by atoms with E-state index in [-0.39, 0.29) is 6.17 Å². The molecule has 0 fully saturated rings. The summed E-state index contributed by atoms with van der Waals surface area (Å²) in [5, 5.41) is 3.28. The van der Waals surface area contributed by atoms with E-state index in [0.717, 1.165) is 6.54 Å². The zero-order chi connectivity index (χ0) is 19.1. The third-order valence-corrected chi connectivity index (χ3v) is 5.50. The first-order valence-electron chi connectivity index (χ1n) is 12.3. The summed E-state index contributed by atoms with van der Waals surface area (Å²) in [6, 6.07) is 0. The van der Waals surface area contributed by atoms with Gasteiger partial charge in [-0.25, -0.2) is 0 Å². The van der Waals surface area contributed by atoms with Gasteiger partial charge in [-0.3, -0.25) is 0 Å². The van der Waals surface area contributed by atoms with Gasteiger partial charge in [-0.15, -0.1) is 0 Å². The molecule has 0 radical (unpaired) electrons. The predicted octanol–water partition coefficient (Wildman–Crippen LogP) is 7.70. The standard InChI is InChI=1S/C24H52N2/c1-3-4-5-6-7-8-9-10-11-12-13-14-15-16-17-18-19-20-21-22-23-26-24(2)25/h24,26H,3-23,25H2,1-2H3. The molecule has 2 heteroatoms. The van der Waals surface area contributed by atoms with Gasteiger partial charge >= 0.3 is 0 Å². The molecular formula is C24H52N2. The molecule has 158 valence electrons. The minimum absolute atomic E-state index is 0.148. The summed E-state index contributed by atoms with van der Waals surface area (Å²) in [5.41, 5.74) is 5.67. The van der Waals surface area contributed by atoms with Gasteiger partial charge in [0.25, 0.3) is 0 Å². The Morgan fingerprint density at radius 1 is 0.500 bits per heavy atom. The zero-order valence-electron chi connectivity index (χ0n) is 18.5. The smallest absolute Gasteiger partial charge is 0.0517 e. The first kappa shape index (κ1) is 25.9. The lowest BCUT2D eigenvalue weighted by molar-refractivity contribution is 0.509. The van der Waals surface area contributed by atoms with Crippen LogP contribution in [0.15, 0.2) is 0 Å². The topological polar surface area (TPSA) is 38.0 Å². The lowest BCUT2D eigenvalue weighted by Crippen LogP contribution is -2.34. The van der Waals surface area contributed by atoms with Gasteiger partial charge in [0.2, 0.25) is 0 Å². The Kier molecular flexibility index (Phi) is 22.9. The maximum atomic E-state index is 5.67. The van der Waals surface area contributed by atoms with Crippen LogP contribution in [0.3, 0.4) is 0 Å². The minimum atomic E-state index is 0.148. The molecule has 0 heterocycles. The highest BCUT2D eigenvalue weighted by molar-refractivity contribution is 4.53. The highest BCUT2D eigenvalue weighted by Crippen LogP contribution is 2.14. The minimum Gasteiger partial charge on any atom is -0.316 e. The molecule has 0 spiro atoms. The van der Waals surface area contributed by atoms with Crippen LogP contribution >= 0.6 is 0 Å². The first-order valence-corrected chi connectivity index (χ1v) is 12.3. The third kappa shape index (κ3) is 23.9. The van der Waals surface area contributed by atoms with Crippen molar-refractivity contribution < 1.29 is 0 Å². The van der Waals surface area contributed by atoms with Gasteiger partial charge in [-0.2, -0.15) is 0 Å². The molecule has 1 unspecified atom stereocenters. The first-order chi connectivity index (χ1) is 12.8. The number of hydrogen-bond donors (Lipinski definition) is 2. The quantitative estimate of drug-likeness (QED) is 0.152. The average molecular weight is 369 g/mol. The Morgan fingerprint density at radius 2 is 0.769 bits per heavy atom. The van der Waals surface area contributed by atoms with Crippen molar-refractivity contribution in [3.05, 3.63) is 0 Å². The summed E-state index contributed by atoms with van der Waals surface area (Å²) in [5.74, 6) is 0. The molecule has 0 bridgehead atoms. The molecule has 0 aliphatic heterocycles. The summed E-state index contributed by atoms with van der Waals surface area (Å²) < 4.78 is 0. The van der Waals surface area contributed by atoms with Gasteiger partial charge in [-0.1, -0.05) is 129 Å². The molecule has 1 atom stereocenters. The van der Waals surface area contributed by atoms with Crippen LogP contribution in [0.5, 0.6) is 0 Å². The highest BCUT2D eigenvalue weighted by Gasteiger charge is 1.96. The van der Waals surface area contributed by atoms with E-state index in [9.17, 15) is 0 Å². The van der Waals surface area contributed by atoms with Crippen molar-refractivity contribution in [2.45, 2.75) is 148 Å². The molecule has 0 aromatic carbocycles. The van der Waals surface area contributed by atoms with E-state index in [1.807, 2.05) is 6.92 Å². The van der Waals surface area contributed by atoms with Crippen LogP contribution in [0, 0.1) is 0 Å². The summed E-state index contributed by atoms with van der Waals surface area (Å²) in [7, 11) is 0. The molecule has 0 aromatic rings. The van der Waals surface area contributed by atoms with Crippen LogP contribution in [0.1, 0.15) is 142 Å². The second-order valence-electron chi connectivity index (χ2n) is 8.46. The van der Waals surface area contributed by atoms with Crippen LogP contribution < -0.4 is 11.1 Å². The van der Waals surface area contributed by atoms with Gasteiger partial charge in [0.05, 0.1) is 6.17 Å². The molecular weight excluding hydrogens is 316 g/mol. The number of nitrogens with two attached hydrogens (primary N) is 1. The van der Waals surface area contributed by atoms with Crippen molar-refractivity contribution in [2.75, 3.05) is 6.54 Å². The van der Waals surface area contributed by atoms with Crippen LogP contribution in [-0.4, -0.2) is 12.7 Å². The van der Waals surface area contributed by atoms with Crippen LogP contribution in [0.25, 0.3) is 0 Å². The molecule has 2 nitrogen and oxygen atoms in total. The Bertz CT molecular complexity index is 240. The van der Waals surface area contributed by atoms with Crippen molar-refractivity contribution >= 4 is 0 Å². The molecule has 0 aliphatic carbocycles. The van der Waals surface area contributed by atoms with Gasteiger partial charge in [-0.05, 0) is 19.9 Å². The van der Waals surface area contributed by atoms with Gasteiger partial charge in [0.15, 0.2) is 0 Å². The van der Waals surface area contributed by atoms with Gasteiger partial charge < -0.3 is 11.1 Å². The molecule has 0 aliphatic rings. The largest absolute Gasteiger partial charge is 0.316 e. The lowest BCUT2D eigenvalue weighted by Gasteiger charge is -2.07. The number of hydrogen-bond acceptors (Lipinski definition) is 2. The third-order valence-electron chi connectivity index (χ3n) is 5.50. The molecule has 0 amide bonds. The monoisotopic (exact) mass is 368 g/mol. The van der Waals surface area contributed by atoms with E-state index >= 15 is 0 Å². The second kappa shape index (κ2) is 23.0. The number of rotatable bonds is 22. The molecule has 26 heavy (non-hydrogen) atoms. The normalized spacial score (nSPS) is 12.6. The molecule has 0 saturated heterocycles. The van der Waals surface area contributed by atoms with E-state index in [2.05, 4.69) is 12.2 Å². The summed E-state index contributed by atoms with van der Waals surface area (Å²) >= 11 is 0. The van der Waals surface area contributed by atoms with E-state index in [4.69, 9.17) is 5.73 Å². The lowest BCUT2D eigenvalue weighted by atomic mass is 10.0. The average Bonchev–Trinajstić information content (AvgIpc) is 2.62. The fourth-order valence-corrected chi connectivity index (χ4v) is 3.71. The Balaban J connectivity index is 2.97. The maximum absolute atomic E-state index is 5.67. The summed E-state index contributed by atoms with van der Waals surface area (Å²) in [4.78, 5) is 0. The SMILES string of the molecule is CCCCCCCCCCCCCCCCCCCCCCNC(C)N. The number of unbranched alkanes of at least 4 members (excludes halogenated alkanes) is 19. The Hall–Kier alpha value is -0.0800. The van der Waals surface area contributed by atoms with Gasteiger partial charge in [0.1, 0.15) is 0 Å². The van der Waals surface area contributed by atoms with Crippen molar-refractivity contribution in [1.82, 2.24) is 5.32 Å². The Labute approximate surface area is 166 Å². The van der Waals surface area contributed by atoms with Gasteiger partial charge in [0, 0.05) is 0 Å². The fourth-order valence-electron chi connectivity index (χ4n) is 3.71. The van der Waals surface area contributed by atoms with Crippen molar-refractivity contribution in [2.24, 2.45) is 5.73 Å². The zero-order valence-corrected chi connectivity index (χ0v) is 18.5. The van der Waals surface area contributed by atoms with Crippen LogP contribution in [0.2, 0.25) is 0 Å². The maximum Gasteiger partial charge on any atom is 0.0517 e. The van der Waals surface area contributed by atoms with Crippen molar-refractivity contribution in [3.8, 4) is 0 Å².